The lowest BCUT2D eigenvalue weighted by molar-refractivity contribution is -0.384. The standard InChI is InChI=1S/C18H14ClN5O2/c19-18-5-4-16-17(23-18)7-13(11-22-16)14(8-20)10-21-9-12-2-1-3-15(6-12)24(25)26/h1-8,10-11,20-21H,9H2/b14-10+,20-8?. The van der Waals surface area contributed by atoms with E-state index in [0.29, 0.717) is 33.9 Å². The average molecular weight is 368 g/mol. The Morgan fingerprint density at radius 1 is 1.27 bits per heavy atom. The van der Waals surface area contributed by atoms with E-state index in [1.165, 1.54) is 18.3 Å². The number of hydrogen-bond donors (Lipinski definition) is 2. The lowest BCUT2D eigenvalue weighted by Gasteiger charge is -2.06. The number of fused-ring (bicyclic) bond motifs is 1. The molecule has 0 aliphatic heterocycles. The maximum absolute atomic E-state index is 10.8. The van der Waals surface area contributed by atoms with Crippen LogP contribution in [0.25, 0.3) is 16.6 Å². The zero-order chi connectivity index (χ0) is 18.5. The number of nitrogens with one attached hydrogen (secondary N) is 2. The molecule has 0 atom stereocenters. The van der Waals surface area contributed by atoms with E-state index in [2.05, 4.69) is 15.3 Å². The number of nitro benzene ring substituents is 1. The summed E-state index contributed by atoms with van der Waals surface area (Å²) in [5.41, 5.74) is 3.49. The first kappa shape index (κ1) is 17.5. The van der Waals surface area contributed by atoms with Crippen molar-refractivity contribution in [1.82, 2.24) is 15.3 Å². The molecule has 26 heavy (non-hydrogen) atoms. The van der Waals surface area contributed by atoms with E-state index in [-0.39, 0.29) is 5.69 Å². The van der Waals surface area contributed by atoms with E-state index in [1.54, 1.807) is 42.7 Å². The van der Waals surface area contributed by atoms with E-state index in [0.717, 1.165) is 5.56 Å². The van der Waals surface area contributed by atoms with Crippen LogP contribution in [0, 0.1) is 15.5 Å². The number of allylic oxidation sites excluding steroid dienone is 1. The fourth-order valence-corrected chi connectivity index (χ4v) is 2.56. The summed E-state index contributed by atoms with van der Waals surface area (Å²) in [7, 11) is 0. The summed E-state index contributed by atoms with van der Waals surface area (Å²) in [6, 6.07) is 11.6. The molecule has 0 aliphatic rings. The Balaban J connectivity index is 1.79. The SMILES string of the molecule is N=C/C(=C\NCc1cccc([N+](=O)[O-])c1)c1cnc2ccc(Cl)nc2c1. The first-order valence-electron chi connectivity index (χ1n) is 7.67. The van der Waals surface area contributed by atoms with Crippen molar-refractivity contribution in [2.24, 2.45) is 0 Å². The minimum Gasteiger partial charge on any atom is -0.386 e. The van der Waals surface area contributed by atoms with Gasteiger partial charge in [-0.15, -0.1) is 0 Å². The molecule has 0 unspecified atom stereocenters. The zero-order valence-electron chi connectivity index (χ0n) is 13.5. The van der Waals surface area contributed by atoms with Crippen LogP contribution in [0.3, 0.4) is 0 Å². The molecule has 0 saturated carbocycles. The van der Waals surface area contributed by atoms with Crippen molar-refractivity contribution >= 4 is 40.1 Å². The van der Waals surface area contributed by atoms with Gasteiger partial charge < -0.3 is 10.7 Å². The maximum Gasteiger partial charge on any atom is 0.269 e. The Kier molecular flexibility index (Phi) is 5.19. The number of nitro groups is 1. The number of pyridine rings is 2. The number of halogens is 1. The maximum atomic E-state index is 10.8. The predicted octanol–water partition coefficient (Wildman–Crippen LogP) is 3.97. The second kappa shape index (κ2) is 7.71. The third-order valence-corrected chi connectivity index (χ3v) is 3.89. The van der Waals surface area contributed by atoms with Crippen LogP contribution in [0.5, 0.6) is 0 Å². The van der Waals surface area contributed by atoms with Crippen LogP contribution in [0.2, 0.25) is 5.15 Å². The van der Waals surface area contributed by atoms with Crippen molar-refractivity contribution in [2.45, 2.75) is 6.54 Å². The van der Waals surface area contributed by atoms with Crippen molar-refractivity contribution in [3.63, 3.8) is 0 Å². The molecule has 8 heteroatoms. The molecular formula is C18H14ClN5O2. The van der Waals surface area contributed by atoms with Crippen molar-refractivity contribution in [1.29, 1.82) is 5.41 Å². The molecule has 1 aromatic carbocycles. The summed E-state index contributed by atoms with van der Waals surface area (Å²) < 4.78 is 0. The van der Waals surface area contributed by atoms with E-state index >= 15 is 0 Å². The van der Waals surface area contributed by atoms with Crippen LogP contribution in [0.15, 0.2) is 54.9 Å². The smallest absolute Gasteiger partial charge is 0.269 e. The molecule has 0 radical (unpaired) electrons. The Morgan fingerprint density at radius 2 is 2.12 bits per heavy atom. The molecule has 0 amide bonds. The third kappa shape index (κ3) is 4.01. The van der Waals surface area contributed by atoms with Gasteiger partial charge in [-0.3, -0.25) is 15.1 Å². The highest BCUT2D eigenvalue weighted by molar-refractivity contribution is 6.29. The van der Waals surface area contributed by atoms with Gasteiger partial charge in [-0.1, -0.05) is 23.7 Å². The molecule has 2 N–H and O–H groups in total. The fourth-order valence-electron chi connectivity index (χ4n) is 2.41. The second-order valence-electron chi connectivity index (χ2n) is 5.45. The molecular weight excluding hydrogens is 354 g/mol. The van der Waals surface area contributed by atoms with Crippen molar-refractivity contribution in [3.05, 3.63) is 81.3 Å². The summed E-state index contributed by atoms with van der Waals surface area (Å²) >= 11 is 5.91. The molecule has 0 spiro atoms. The Bertz CT molecular complexity index is 1020. The summed E-state index contributed by atoms with van der Waals surface area (Å²) in [5.74, 6) is 0. The van der Waals surface area contributed by atoms with Crippen molar-refractivity contribution < 1.29 is 4.92 Å². The third-order valence-electron chi connectivity index (χ3n) is 3.68. The highest BCUT2D eigenvalue weighted by Crippen LogP contribution is 2.19. The second-order valence-corrected chi connectivity index (χ2v) is 5.84. The highest BCUT2D eigenvalue weighted by Gasteiger charge is 2.06. The van der Waals surface area contributed by atoms with Gasteiger partial charge in [0.15, 0.2) is 0 Å². The van der Waals surface area contributed by atoms with Crippen LogP contribution >= 0.6 is 11.6 Å². The molecule has 7 nitrogen and oxygen atoms in total. The molecule has 3 rings (SSSR count). The number of nitrogens with zero attached hydrogens (tertiary/aromatic N) is 3. The quantitative estimate of drug-likeness (QED) is 0.297. The monoisotopic (exact) mass is 367 g/mol. The number of non-ortho nitro benzene ring substituents is 1. The van der Waals surface area contributed by atoms with Crippen molar-refractivity contribution in [2.75, 3.05) is 0 Å². The summed E-state index contributed by atoms with van der Waals surface area (Å²) in [5, 5.41) is 21.9. The van der Waals surface area contributed by atoms with Gasteiger partial charge in [0.2, 0.25) is 0 Å². The minimum atomic E-state index is -0.429. The summed E-state index contributed by atoms with van der Waals surface area (Å²) in [6.07, 6.45) is 4.52. The van der Waals surface area contributed by atoms with Crippen LogP contribution in [-0.4, -0.2) is 21.1 Å². The number of aromatic nitrogens is 2. The van der Waals surface area contributed by atoms with Gasteiger partial charge in [0.05, 0.1) is 16.0 Å². The summed E-state index contributed by atoms with van der Waals surface area (Å²) in [6.45, 7) is 0.393. The first-order valence-corrected chi connectivity index (χ1v) is 8.04. The van der Waals surface area contributed by atoms with Gasteiger partial charge in [0.25, 0.3) is 5.69 Å². The van der Waals surface area contributed by atoms with E-state index in [1.807, 2.05) is 0 Å². The lowest BCUT2D eigenvalue weighted by Crippen LogP contribution is -2.06. The Hall–Kier alpha value is -3.32. The van der Waals surface area contributed by atoms with Gasteiger partial charge in [0.1, 0.15) is 5.15 Å². The Labute approximate surface area is 154 Å². The van der Waals surface area contributed by atoms with E-state index < -0.39 is 4.92 Å². The average Bonchev–Trinajstić information content (AvgIpc) is 2.65. The van der Waals surface area contributed by atoms with Gasteiger partial charge >= 0.3 is 0 Å². The van der Waals surface area contributed by atoms with Crippen LogP contribution in [0.4, 0.5) is 5.69 Å². The van der Waals surface area contributed by atoms with Gasteiger partial charge in [0, 0.05) is 48.4 Å². The predicted molar refractivity (Wildman–Crippen MR) is 101 cm³/mol. The largest absolute Gasteiger partial charge is 0.386 e. The van der Waals surface area contributed by atoms with Gasteiger partial charge in [-0.2, -0.15) is 0 Å². The molecule has 130 valence electrons. The highest BCUT2D eigenvalue weighted by atomic mass is 35.5. The summed E-state index contributed by atoms with van der Waals surface area (Å²) in [4.78, 5) is 18.9. The zero-order valence-corrected chi connectivity index (χ0v) is 14.3. The molecule has 0 aliphatic carbocycles. The molecule has 0 fully saturated rings. The van der Waals surface area contributed by atoms with E-state index in [9.17, 15) is 10.1 Å². The molecule has 3 aromatic rings. The van der Waals surface area contributed by atoms with E-state index in [4.69, 9.17) is 17.0 Å². The topological polar surface area (TPSA) is 105 Å². The van der Waals surface area contributed by atoms with Crippen LogP contribution < -0.4 is 5.32 Å². The first-order chi connectivity index (χ1) is 12.6. The van der Waals surface area contributed by atoms with Crippen molar-refractivity contribution in [3.8, 4) is 0 Å². The van der Waals surface area contributed by atoms with Gasteiger partial charge in [-0.25, -0.2) is 4.98 Å². The normalized spacial score (nSPS) is 11.3. The lowest BCUT2D eigenvalue weighted by atomic mass is 10.1. The minimum absolute atomic E-state index is 0.0437. The number of hydrogen-bond acceptors (Lipinski definition) is 6. The molecule has 2 heterocycles. The van der Waals surface area contributed by atoms with Crippen LogP contribution in [0.1, 0.15) is 11.1 Å². The van der Waals surface area contributed by atoms with Crippen LogP contribution in [-0.2, 0) is 6.54 Å². The fraction of sp³-hybridized carbons (Fsp3) is 0.0556. The van der Waals surface area contributed by atoms with Gasteiger partial charge in [-0.05, 0) is 23.8 Å². The Morgan fingerprint density at radius 3 is 2.88 bits per heavy atom. The number of benzene rings is 1. The molecule has 0 bridgehead atoms. The molecule has 0 saturated heterocycles. The number of rotatable bonds is 6. The molecule has 2 aromatic heterocycles.